The number of nitrogens with one attached hydrogen (secondary N) is 1. The number of carbonyl (C=O) groups is 1. The molecule has 0 spiro atoms. The molecular weight excluding hydrogens is 281 g/mol. The van der Waals surface area contributed by atoms with Crippen molar-refractivity contribution in [3.05, 3.63) is 23.8 Å². The predicted octanol–water partition coefficient (Wildman–Crippen LogP) is 4.05. The zero-order chi connectivity index (χ0) is 15.6. The SMILES string of the molecule is CC1CCC(C(=O)Nc2ccc(N)c(C(F)(F)F)c2)CC1. The molecule has 0 atom stereocenters. The van der Waals surface area contributed by atoms with Crippen LogP contribution in [0.25, 0.3) is 0 Å². The van der Waals surface area contributed by atoms with Crippen molar-refractivity contribution in [1.29, 1.82) is 0 Å². The molecule has 1 saturated carbocycles. The van der Waals surface area contributed by atoms with Gasteiger partial charge >= 0.3 is 6.18 Å². The van der Waals surface area contributed by atoms with E-state index in [1.165, 1.54) is 12.1 Å². The highest BCUT2D eigenvalue weighted by Crippen LogP contribution is 2.35. The second kappa shape index (κ2) is 5.95. The van der Waals surface area contributed by atoms with Crippen molar-refractivity contribution >= 4 is 17.3 Å². The van der Waals surface area contributed by atoms with Gasteiger partial charge in [-0.2, -0.15) is 13.2 Å². The third-order valence-electron chi connectivity index (χ3n) is 4.01. The maximum absolute atomic E-state index is 12.8. The molecule has 3 N–H and O–H groups in total. The molecule has 0 unspecified atom stereocenters. The van der Waals surface area contributed by atoms with Gasteiger partial charge in [-0.15, -0.1) is 0 Å². The van der Waals surface area contributed by atoms with E-state index in [0.29, 0.717) is 5.92 Å². The van der Waals surface area contributed by atoms with Crippen molar-refractivity contribution in [2.24, 2.45) is 11.8 Å². The zero-order valence-electron chi connectivity index (χ0n) is 11.8. The minimum absolute atomic E-state index is 0.118. The first kappa shape index (κ1) is 15.7. The Bertz CT molecular complexity index is 520. The smallest absolute Gasteiger partial charge is 0.398 e. The zero-order valence-corrected chi connectivity index (χ0v) is 11.8. The Hall–Kier alpha value is -1.72. The largest absolute Gasteiger partial charge is 0.418 e. The summed E-state index contributed by atoms with van der Waals surface area (Å²) in [5.74, 6) is 0.287. The van der Waals surface area contributed by atoms with E-state index in [9.17, 15) is 18.0 Å². The van der Waals surface area contributed by atoms with E-state index < -0.39 is 11.7 Å². The van der Waals surface area contributed by atoms with Crippen LogP contribution in [-0.4, -0.2) is 5.91 Å². The van der Waals surface area contributed by atoms with E-state index in [1.807, 2.05) is 0 Å². The molecule has 1 aliphatic carbocycles. The van der Waals surface area contributed by atoms with Crippen molar-refractivity contribution in [3.8, 4) is 0 Å². The van der Waals surface area contributed by atoms with E-state index in [0.717, 1.165) is 31.7 Å². The number of nitrogen functional groups attached to an aromatic ring is 1. The summed E-state index contributed by atoms with van der Waals surface area (Å²) in [6.45, 7) is 2.14. The fourth-order valence-corrected chi connectivity index (χ4v) is 2.65. The van der Waals surface area contributed by atoms with Gasteiger partial charge in [-0.3, -0.25) is 4.79 Å². The van der Waals surface area contributed by atoms with E-state index in [2.05, 4.69) is 12.2 Å². The van der Waals surface area contributed by atoms with Gasteiger partial charge in [0.1, 0.15) is 0 Å². The van der Waals surface area contributed by atoms with Crippen LogP contribution in [0.3, 0.4) is 0 Å². The molecule has 3 nitrogen and oxygen atoms in total. The lowest BCUT2D eigenvalue weighted by molar-refractivity contribution is -0.137. The highest BCUT2D eigenvalue weighted by molar-refractivity contribution is 5.92. The molecule has 1 aliphatic rings. The molecule has 0 heterocycles. The van der Waals surface area contributed by atoms with Gasteiger partial charge in [0.05, 0.1) is 5.56 Å². The molecule has 21 heavy (non-hydrogen) atoms. The molecule has 6 heteroatoms. The first-order valence-corrected chi connectivity index (χ1v) is 7.05. The van der Waals surface area contributed by atoms with Gasteiger partial charge in [0.15, 0.2) is 0 Å². The van der Waals surface area contributed by atoms with Gasteiger partial charge in [-0.25, -0.2) is 0 Å². The van der Waals surface area contributed by atoms with E-state index in [4.69, 9.17) is 5.73 Å². The lowest BCUT2D eigenvalue weighted by atomic mass is 9.82. The monoisotopic (exact) mass is 300 g/mol. The number of halogens is 3. The van der Waals surface area contributed by atoms with Gasteiger partial charge in [0.25, 0.3) is 0 Å². The number of carbonyl (C=O) groups excluding carboxylic acids is 1. The Kier molecular flexibility index (Phi) is 4.44. The van der Waals surface area contributed by atoms with Crippen molar-refractivity contribution in [3.63, 3.8) is 0 Å². The Balaban J connectivity index is 2.08. The number of benzene rings is 1. The predicted molar refractivity (Wildman–Crippen MR) is 75.6 cm³/mol. The van der Waals surface area contributed by atoms with E-state index >= 15 is 0 Å². The molecule has 1 fully saturated rings. The maximum Gasteiger partial charge on any atom is 0.418 e. The Labute approximate surface area is 121 Å². The van der Waals surface area contributed by atoms with Crippen LogP contribution in [0.5, 0.6) is 0 Å². The molecular formula is C15H19F3N2O. The summed E-state index contributed by atoms with van der Waals surface area (Å²) >= 11 is 0. The minimum Gasteiger partial charge on any atom is -0.398 e. The molecule has 0 aromatic heterocycles. The standard InChI is InChI=1S/C15H19F3N2O/c1-9-2-4-10(5-3-9)14(21)20-11-6-7-13(19)12(8-11)15(16,17)18/h6-10H,2-5,19H2,1H3,(H,20,21). The molecule has 0 aliphatic heterocycles. The van der Waals surface area contributed by atoms with Crippen molar-refractivity contribution in [2.45, 2.75) is 38.8 Å². The van der Waals surface area contributed by atoms with Crippen LogP contribution in [0.15, 0.2) is 18.2 Å². The van der Waals surface area contributed by atoms with Crippen LogP contribution in [0.4, 0.5) is 24.5 Å². The average molecular weight is 300 g/mol. The van der Waals surface area contributed by atoms with Gasteiger partial charge in [-0.05, 0) is 49.8 Å². The summed E-state index contributed by atoms with van der Waals surface area (Å²) in [7, 11) is 0. The summed E-state index contributed by atoms with van der Waals surface area (Å²) in [5, 5.41) is 2.57. The Morgan fingerprint density at radius 3 is 2.43 bits per heavy atom. The molecule has 1 amide bonds. The quantitative estimate of drug-likeness (QED) is 0.809. The molecule has 116 valence electrons. The van der Waals surface area contributed by atoms with Crippen molar-refractivity contribution in [2.75, 3.05) is 11.1 Å². The number of rotatable bonds is 2. The summed E-state index contributed by atoms with van der Waals surface area (Å²) < 4.78 is 38.3. The minimum atomic E-state index is -4.52. The number of amides is 1. The van der Waals surface area contributed by atoms with Crippen LogP contribution in [0, 0.1) is 11.8 Å². The normalized spacial score (nSPS) is 22.9. The molecule has 1 aromatic carbocycles. The number of hydrogen-bond donors (Lipinski definition) is 2. The number of alkyl halides is 3. The van der Waals surface area contributed by atoms with Gasteiger partial charge < -0.3 is 11.1 Å². The van der Waals surface area contributed by atoms with Crippen LogP contribution >= 0.6 is 0 Å². The first-order valence-electron chi connectivity index (χ1n) is 7.05. The van der Waals surface area contributed by atoms with E-state index in [1.54, 1.807) is 0 Å². The lowest BCUT2D eigenvalue weighted by Gasteiger charge is -2.25. The topological polar surface area (TPSA) is 55.1 Å². The molecule has 0 bridgehead atoms. The van der Waals surface area contributed by atoms with Gasteiger partial charge in [-0.1, -0.05) is 6.92 Å². The third-order valence-corrected chi connectivity index (χ3v) is 4.01. The number of anilines is 2. The summed E-state index contributed by atoms with van der Waals surface area (Å²) in [6.07, 6.45) is -0.992. The summed E-state index contributed by atoms with van der Waals surface area (Å²) in [6, 6.07) is 3.45. The van der Waals surface area contributed by atoms with Crippen molar-refractivity contribution in [1.82, 2.24) is 0 Å². The maximum atomic E-state index is 12.8. The van der Waals surface area contributed by atoms with Crippen LogP contribution in [0.2, 0.25) is 0 Å². The lowest BCUT2D eigenvalue weighted by Crippen LogP contribution is -2.26. The third kappa shape index (κ3) is 3.89. The molecule has 1 aromatic rings. The van der Waals surface area contributed by atoms with E-state index in [-0.39, 0.29) is 23.2 Å². The van der Waals surface area contributed by atoms with Crippen LogP contribution in [-0.2, 0) is 11.0 Å². The number of hydrogen-bond acceptors (Lipinski definition) is 2. The fraction of sp³-hybridized carbons (Fsp3) is 0.533. The second-order valence-corrected chi connectivity index (χ2v) is 5.75. The Morgan fingerprint density at radius 2 is 1.86 bits per heavy atom. The highest BCUT2D eigenvalue weighted by atomic mass is 19.4. The highest BCUT2D eigenvalue weighted by Gasteiger charge is 2.33. The summed E-state index contributed by atoms with van der Waals surface area (Å²) in [4.78, 5) is 12.1. The number of nitrogens with two attached hydrogens (primary N) is 1. The second-order valence-electron chi connectivity index (χ2n) is 5.75. The fourth-order valence-electron chi connectivity index (χ4n) is 2.65. The summed E-state index contributed by atoms with van der Waals surface area (Å²) in [5.41, 5.74) is 4.21. The molecule has 2 rings (SSSR count). The Morgan fingerprint density at radius 1 is 1.24 bits per heavy atom. The first-order chi connectivity index (χ1) is 9.77. The molecule has 0 radical (unpaired) electrons. The van der Waals surface area contributed by atoms with Crippen molar-refractivity contribution < 1.29 is 18.0 Å². The van der Waals surface area contributed by atoms with Crippen LogP contribution in [0.1, 0.15) is 38.2 Å². The molecule has 0 saturated heterocycles. The van der Waals surface area contributed by atoms with Gasteiger partial charge in [0, 0.05) is 17.3 Å². The van der Waals surface area contributed by atoms with Gasteiger partial charge in [0.2, 0.25) is 5.91 Å². The van der Waals surface area contributed by atoms with Crippen LogP contribution < -0.4 is 11.1 Å². The average Bonchev–Trinajstić information content (AvgIpc) is 2.40.